The van der Waals surface area contributed by atoms with Crippen molar-refractivity contribution in [2.75, 3.05) is 33.2 Å². The van der Waals surface area contributed by atoms with Crippen LogP contribution in [0.3, 0.4) is 0 Å². The maximum atomic E-state index is 12.9. The van der Waals surface area contributed by atoms with Crippen LogP contribution in [0.2, 0.25) is 0 Å². The third kappa shape index (κ3) is 4.56. The summed E-state index contributed by atoms with van der Waals surface area (Å²) in [6, 6.07) is 9.55. The second-order valence-corrected chi connectivity index (χ2v) is 6.22. The van der Waals surface area contributed by atoms with Gasteiger partial charge in [-0.2, -0.15) is 0 Å². The first kappa shape index (κ1) is 18.4. The van der Waals surface area contributed by atoms with Gasteiger partial charge in [-0.05, 0) is 32.0 Å². The molecule has 1 heterocycles. The fourth-order valence-electron chi connectivity index (χ4n) is 3.04. The molecule has 0 amide bonds. The molecule has 1 aromatic rings. The topological polar surface area (TPSA) is 32.8 Å². The summed E-state index contributed by atoms with van der Waals surface area (Å²) in [6.07, 6.45) is 3.38. The van der Waals surface area contributed by atoms with Crippen LogP contribution in [0.25, 0.3) is 0 Å². The Morgan fingerprint density at radius 1 is 1.21 bits per heavy atom. The summed E-state index contributed by atoms with van der Waals surface area (Å²) >= 11 is 0. The number of esters is 1. The molecule has 0 bridgehead atoms. The van der Waals surface area contributed by atoms with Gasteiger partial charge in [0.05, 0.1) is 0 Å². The van der Waals surface area contributed by atoms with Crippen molar-refractivity contribution in [3.63, 3.8) is 0 Å². The monoisotopic (exact) mass is 328 g/mol. The molecule has 0 aromatic heterocycles. The van der Waals surface area contributed by atoms with E-state index in [0.717, 1.165) is 37.3 Å². The highest BCUT2D eigenvalue weighted by Crippen LogP contribution is 2.25. The molecule has 1 saturated heterocycles. The summed E-state index contributed by atoms with van der Waals surface area (Å²) in [6.45, 7) is 11.2. The molecule has 24 heavy (non-hydrogen) atoms. The zero-order chi connectivity index (χ0) is 17.5. The Hall–Kier alpha value is -1.91. The summed E-state index contributed by atoms with van der Waals surface area (Å²) < 4.78 is 5.76. The molecule has 2 atom stereocenters. The lowest BCUT2D eigenvalue weighted by atomic mass is 10.0. The SMILES string of the molecule is C=CC(=CC)C(C)OC(=O)C(c1ccccc1)N1CCN(C)CC1. The summed E-state index contributed by atoms with van der Waals surface area (Å²) in [7, 11) is 2.11. The molecule has 0 N–H and O–H groups in total. The van der Waals surface area contributed by atoms with Gasteiger partial charge in [-0.1, -0.05) is 49.1 Å². The predicted molar refractivity (Wildman–Crippen MR) is 97.8 cm³/mol. The van der Waals surface area contributed by atoms with Crippen molar-refractivity contribution in [1.29, 1.82) is 0 Å². The lowest BCUT2D eigenvalue weighted by molar-refractivity contribution is -0.154. The van der Waals surface area contributed by atoms with Crippen molar-refractivity contribution in [3.05, 3.63) is 60.2 Å². The first-order chi connectivity index (χ1) is 11.6. The number of ether oxygens (including phenoxy) is 1. The Morgan fingerprint density at radius 2 is 1.83 bits per heavy atom. The third-order valence-corrected chi connectivity index (χ3v) is 4.57. The first-order valence-corrected chi connectivity index (χ1v) is 8.53. The molecule has 2 rings (SSSR count). The van der Waals surface area contributed by atoms with E-state index >= 15 is 0 Å². The van der Waals surface area contributed by atoms with Crippen molar-refractivity contribution < 1.29 is 9.53 Å². The lowest BCUT2D eigenvalue weighted by Crippen LogP contribution is -2.48. The average molecular weight is 328 g/mol. The molecule has 1 aromatic carbocycles. The zero-order valence-corrected chi connectivity index (χ0v) is 14.9. The van der Waals surface area contributed by atoms with Gasteiger partial charge in [0, 0.05) is 26.2 Å². The maximum Gasteiger partial charge on any atom is 0.328 e. The molecule has 0 spiro atoms. The van der Waals surface area contributed by atoms with Gasteiger partial charge >= 0.3 is 5.97 Å². The Labute approximate surface area is 145 Å². The molecule has 0 radical (unpaired) electrons. The Morgan fingerprint density at radius 3 is 2.38 bits per heavy atom. The van der Waals surface area contributed by atoms with E-state index in [-0.39, 0.29) is 18.1 Å². The number of hydrogen-bond acceptors (Lipinski definition) is 4. The largest absolute Gasteiger partial charge is 0.456 e. The van der Waals surface area contributed by atoms with Gasteiger partial charge in [-0.25, -0.2) is 4.79 Å². The Kier molecular flexibility index (Phi) is 6.76. The van der Waals surface area contributed by atoms with Gasteiger partial charge in [0.1, 0.15) is 12.1 Å². The maximum absolute atomic E-state index is 12.9. The standard InChI is InChI=1S/C20H28N2O2/c1-5-17(6-2)16(3)24-20(23)19(18-10-8-7-9-11-18)22-14-12-21(4)13-15-22/h5-11,16,19H,1,12-15H2,2-4H3. The number of piperazine rings is 1. The van der Waals surface area contributed by atoms with Crippen molar-refractivity contribution in [3.8, 4) is 0 Å². The smallest absolute Gasteiger partial charge is 0.328 e. The van der Waals surface area contributed by atoms with Crippen LogP contribution in [0.4, 0.5) is 0 Å². The number of likely N-dealkylation sites (N-methyl/N-ethyl adjacent to an activating group) is 1. The molecule has 1 aliphatic rings. The van der Waals surface area contributed by atoms with Gasteiger partial charge < -0.3 is 9.64 Å². The minimum Gasteiger partial charge on any atom is -0.456 e. The van der Waals surface area contributed by atoms with Gasteiger partial charge in [-0.15, -0.1) is 0 Å². The van der Waals surface area contributed by atoms with Crippen LogP contribution in [0.15, 0.2) is 54.6 Å². The molecular formula is C20H28N2O2. The predicted octanol–water partition coefficient (Wildman–Crippen LogP) is 3.04. The second-order valence-electron chi connectivity index (χ2n) is 6.22. The molecule has 2 unspecified atom stereocenters. The van der Waals surface area contributed by atoms with E-state index in [1.54, 1.807) is 6.08 Å². The van der Waals surface area contributed by atoms with E-state index in [4.69, 9.17) is 4.74 Å². The lowest BCUT2D eigenvalue weighted by Gasteiger charge is -2.37. The number of rotatable bonds is 6. The summed E-state index contributed by atoms with van der Waals surface area (Å²) in [4.78, 5) is 17.4. The molecule has 130 valence electrons. The number of hydrogen-bond donors (Lipinski definition) is 0. The Bertz CT molecular complexity index is 575. The van der Waals surface area contributed by atoms with E-state index in [1.165, 1.54) is 0 Å². The highest BCUT2D eigenvalue weighted by atomic mass is 16.5. The van der Waals surface area contributed by atoms with Crippen molar-refractivity contribution in [2.45, 2.75) is 26.0 Å². The first-order valence-electron chi connectivity index (χ1n) is 8.53. The quantitative estimate of drug-likeness (QED) is 0.593. The minimum absolute atomic E-state index is 0.195. The van der Waals surface area contributed by atoms with Crippen LogP contribution in [0.5, 0.6) is 0 Å². The average Bonchev–Trinajstić information content (AvgIpc) is 2.59. The molecule has 1 fully saturated rings. The number of nitrogens with zero attached hydrogens (tertiary/aromatic N) is 2. The van der Waals surface area contributed by atoms with Crippen molar-refractivity contribution >= 4 is 5.97 Å². The fourth-order valence-corrected chi connectivity index (χ4v) is 3.04. The highest BCUT2D eigenvalue weighted by molar-refractivity contribution is 5.78. The number of carbonyl (C=O) groups excluding carboxylic acids is 1. The summed E-state index contributed by atoms with van der Waals surface area (Å²) in [5.74, 6) is -0.195. The van der Waals surface area contributed by atoms with Gasteiger partial charge in [-0.3, -0.25) is 4.90 Å². The van der Waals surface area contributed by atoms with Crippen molar-refractivity contribution in [1.82, 2.24) is 9.80 Å². The zero-order valence-electron chi connectivity index (χ0n) is 14.9. The van der Waals surface area contributed by atoms with E-state index in [9.17, 15) is 4.79 Å². The fraction of sp³-hybridized carbons (Fsp3) is 0.450. The van der Waals surface area contributed by atoms with Crippen LogP contribution in [-0.2, 0) is 9.53 Å². The van der Waals surface area contributed by atoms with E-state index in [2.05, 4.69) is 23.4 Å². The summed E-state index contributed by atoms with van der Waals surface area (Å²) in [5, 5.41) is 0. The third-order valence-electron chi connectivity index (χ3n) is 4.57. The summed E-state index contributed by atoms with van der Waals surface area (Å²) in [5.41, 5.74) is 1.91. The van der Waals surface area contributed by atoms with Crippen LogP contribution < -0.4 is 0 Å². The highest BCUT2D eigenvalue weighted by Gasteiger charge is 2.32. The molecule has 0 aliphatic carbocycles. The molecule has 1 aliphatic heterocycles. The van der Waals surface area contributed by atoms with E-state index in [1.807, 2.05) is 50.3 Å². The van der Waals surface area contributed by atoms with Crippen LogP contribution in [0.1, 0.15) is 25.5 Å². The van der Waals surface area contributed by atoms with Crippen molar-refractivity contribution in [2.24, 2.45) is 0 Å². The Balaban J connectivity index is 2.19. The van der Waals surface area contributed by atoms with Crippen LogP contribution in [-0.4, -0.2) is 55.1 Å². The number of allylic oxidation sites excluding steroid dienone is 1. The minimum atomic E-state index is -0.356. The van der Waals surface area contributed by atoms with E-state index in [0.29, 0.717) is 0 Å². The molecular weight excluding hydrogens is 300 g/mol. The normalized spacial score (nSPS) is 19.5. The second kappa shape index (κ2) is 8.81. The molecule has 0 saturated carbocycles. The van der Waals surface area contributed by atoms with E-state index < -0.39 is 0 Å². The van der Waals surface area contributed by atoms with Gasteiger partial charge in [0.25, 0.3) is 0 Å². The molecule has 4 heteroatoms. The van der Waals surface area contributed by atoms with Crippen LogP contribution >= 0.6 is 0 Å². The number of benzene rings is 1. The van der Waals surface area contributed by atoms with Crippen LogP contribution in [0, 0.1) is 0 Å². The number of carbonyl (C=O) groups is 1. The van der Waals surface area contributed by atoms with Gasteiger partial charge in [0.15, 0.2) is 0 Å². The van der Waals surface area contributed by atoms with Gasteiger partial charge in [0.2, 0.25) is 0 Å². The molecule has 4 nitrogen and oxygen atoms in total.